The third-order valence-corrected chi connectivity index (χ3v) is 3.41. The van der Waals surface area contributed by atoms with E-state index in [0.29, 0.717) is 35.1 Å². The number of nitriles is 1. The van der Waals surface area contributed by atoms with Crippen molar-refractivity contribution < 1.29 is 19.0 Å². The van der Waals surface area contributed by atoms with Crippen LogP contribution in [0.2, 0.25) is 0 Å². The van der Waals surface area contributed by atoms with Crippen molar-refractivity contribution in [3.05, 3.63) is 48.0 Å². The van der Waals surface area contributed by atoms with E-state index in [0.717, 1.165) is 0 Å². The van der Waals surface area contributed by atoms with Crippen molar-refractivity contribution in [1.29, 1.82) is 5.26 Å². The second kappa shape index (κ2) is 8.60. The summed E-state index contributed by atoms with van der Waals surface area (Å²) >= 11 is 0. The van der Waals surface area contributed by atoms with Gasteiger partial charge in [0.25, 0.3) is 5.91 Å². The van der Waals surface area contributed by atoms with E-state index in [4.69, 9.17) is 19.5 Å². The van der Waals surface area contributed by atoms with E-state index in [1.807, 2.05) is 19.1 Å². The van der Waals surface area contributed by atoms with E-state index in [1.165, 1.54) is 7.11 Å². The lowest BCUT2D eigenvalue weighted by Crippen LogP contribution is -2.30. The number of amides is 1. The van der Waals surface area contributed by atoms with Crippen molar-refractivity contribution in [2.45, 2.75) is 20.0 Å². The highest BCUT2D eigenvalue weighted by molar-refractivity contribution is 5.95. The Morgan fingerprint density at radius 2 is 1.96 bits per heavy atom. The molecule has 2 rings (SSSR count). The number of rotatable bonds is 7. The number of carbonyl (C=O) groups is 1. The van der Waals surface area contributed by atoms with Crippen molar-refractivity contribution in [1.82, 2.24) is 0 Å². The minimum absolute atomic E-state index is 0.323. The van der Waals surface area contributed by atoms with Gasteiger partial charge in [-0.2, -0.15) is 5.26 Å². The quantitative estimate of drug-likeness (QED) is 0.836. The molecule has 0 bridgehead atoms. The average molecular weight is 340 g/mol. The zero-order valence-corrected chi connectivity index (χ0v) is 14.4. The minimum atomic E-state index is -0.767. The number of nitrogens with one attached hydrogen (secondary N) is 1. The van der Waals surface area contributed by atoms with Crippen LogP contribution in [0.3, 0.4) is 0 Å². The maximum Gasteiger partial charge on any atom is 0.265 e. The zero-order valence-electron chi connectivity index (χ0n) is 14.4. The van der Waals surface area contributed by atoms with E-state index >= 15 is 0 Å². The number of benzene rings is 2. The Hall–Kier alpha value is -3.20. The molecular weight excluding hydrogens is 320 g/mol. The fraction of sp³-hybridized carbons (Fsp3) is 0.263. The van der Waals surface area contributed by atoms with Crippen LogP contribution in [-0.2, 0) is 4.79 Å². The molecule has 0 saturated heterocycles. The third-order valence-electron chi connectivity index (χ3n) is 3.41. The number of para-hydroxylation sites is 2. The third kappa shape index (κ3) is 4.64. The molecule has 0 spiro atoms. The summed E-state index contributed by atoms with van der Waals surface area (Å²) in [6.07, 6.45) is -0.767. The maximum absolute atomic E-state index is 12.4. The van der Waals surface area contributed by atoms with Gasteiger partial charge in [0.1, 0.15) is 5.75 Å². The van der Waals surface area contributed by atoms with Crippen LogP contribution >= 0.6 is 0 Å². The second-order valence-corrected chi connectivity index (χ2v) is 5.16. The largest absolute Gasteiger partial charge is 0.495 e. The van der Waals surface area contributed by atoms with Crippen molar-refractivity contribution in [3.8, 4) is 23.3 Å². The van der Waals surface area contributed by atoms with Crippen LogP contribution in [-0.4, -0.2) is 25.7 Å². The Bertz CT molecular complexity index is 783. The van der Waals surface area contributed by atoms with Gasteiger partial charge in [-0.3, -0.25) is 4.79 Å². The van der Waals surface area contributed by atoms with Crippen molar-refractivity contribution in [2.75, 3.05) is 19.0 Å². The monoisotopic (exact) mass is 340 g/mol. The molecule has 0 aromatic heterocycles. The van der Waals surface area contributed by atoms with Crippen molar-refractivity contribution in [2.24, 2.45) is 0 Å². The Balaban J connectivity index is 2.12. The van der Waals surface area contributed by atoms with Crippen LogP contribution in [0.5, 0.6) is 17.2 Å². The fourth-order valence-electron chi connectivity index (χ4n) is 2.17. The van der Waals surface area contributed by atoms with E-state index in [9.17, 15) is 4.79 Å². The lowest BCUT2D eigenvalue weighted by Gasteiger charge is -2.18. The van der Waals surface area contributed by atoms with Gasteiger partial charge in [-0.15, -0.1) is 0 Å². The number of methoxy groups -OCH3 is 1. The van der Waals surface area contributed by atoms with E-state index in [2.05, 4.69) is 5.32 Å². The van der Waals surface area contributed by atoms with Gasteiger partial charge in [0.15, 0.2) is 17.6 Å². The van der Waals surface area contributed by atoms with E-state index in [1.54, 1.807) is 43.3 Å². The first-order valence-corrected chi connectivity index (χ1v) is 7.86. The Kier molecular flexibility index (Phi) is 6.24. The number of anilines is 1. The normalized spacial score (nSPS) is 11.1. The Labute approximate surface area is 146 Å². The molecule has 25 heavy (non-hydrogen) atoms. The topological polar surface area (TPSA) is 80.6 Å². The summed E-state index contributed by atoms with van der Waals surface area (Å²) in [5.74, 6) is 1.08. The highest BCUT2D eigenvalue weighted by Gasteiger charge is 2.18. The molecule has 0 radical (unpaired) electrons. The fourth-order valence-corrected chi connectivity index (χ4v) is 2.17. The second-order valence-electron chi connectivity index (χ2n) is 5.16. The van der Waals surface area contributed by atoms with Gasteiger partial charge in [0.05, 0.1) is 31.0 Å². The molecule has 0 aliphatic carbocycles. The summed E-state index contributed by atoms with van der Waals surface area (Å²) < 4.78 is 16.4. The molecule has 2 aromatic carbocycles. The molecule has 0 aliphatic rings. The molecule has 1 atom stereocenters. The van der Waals surface area contributed by atoms with Crippen LogP contribution in [0.25, 0.3) is 0 Å². The molecule has 2 aromatic rings. The number of carbonyl (C=O) groups excluding carboxylic acids is 1. The highest BCUT2D eigenvalue weighted by atomic mass is 16.5. The first-order valence-electron chi connectivity index (χ1n) is 7.86. The Morgan fingerprint density at radius 1 is 1.20 bits per heavy atom. The van der Waals surface area contributed by atoms with Gasteiger partial charge in [-0.25, -0.2) is 0 Å². The molecule has 6 heteroatoms. The summed E-state index contributed by atoms with van der Waals surface area (Å²) in [6, 6.07) is 14.0. The summed E-state index contributed by atoms with van der Waals surface area (Å²) in [5.41, 5.74) is 1.03. The average Bonchev–Trinajstić information content (AvgIpc) is 2.63. The van der Waals surface area contributed by atoms with E-state index < -0.39 is 6.10 Å². The molecule has 6 nitrogen and oxygen atoms in total. The minimum Gasteiger partial charge on any atom is -0.495 e. The lowest BCUT2D eigenvalue weighted by molar-refractivity contribution is -0.122. The first-order chi connectivity index (χ1) is 12.1. The predicted molar refractivity (Wildman–Crippen MR) is 94.0 cm³/mol. The van der Waals surface area contributed by atoms with E-state index in [-0.39, 0.29) is 5.91 Å². The van der Waals surface area contributed by atoms with Crippen molar-refractivity contribution in [3.63, 3.8) is 0 Å². The number of nitrogens with zero attached hydrogens (tertiary/aromatic N) is 1. The molecule has 130 valence electrons. The zero-order chi connectivity index (χ0) is 18.2. The molecule has 1 amide bonds. The molecule has 0 saturated carbocycles. The maximum atomic E-state index is 12.4. The van der Waals surface area contributed by atoms with Crippen molar-refractivity contribution >= 4 is 11.6 Å². The van der Waals surface area contributed by atoms with Gasteiger partial charge < -0.3 is 19.5 Å². The van der Waals surface area contributed by atoms with Crippen LogP contribution < -0.4 is 19.5 Å². The molecule has 0 unspecified atom stereocenters. The highest BCUT2D eigenvalue weighted by Crippen LogP contribution is 2.30. The molecule has 0 fully saturated rings. The molecule has 0 aliphatic heterocycles. The van der Waals surface area contributed by atoms with Gasteiger partial charge in [-0.05, 0) is 38.1 Å². The summed E-state index contributed by atoms with van der Waals surface area (Å²) in [7, 11) is 1.54. The van der Waals surface area contributed by atoms with Crippen LogP contribution in [0.1, 0.15) is 19.4 Å². The van der Waals surface area contributed by atoms with Gasteiger partial charge in [-0.1, -0.05) is 12.1 Å². The number of ether oxygens (including phenoxy) is 3. The van der Waals surface area contributed by atoms with Gasteiger partial charge in [0, 0.05) is 6.07 Å². The van der Waals surface area contributed by atoms with Gasteiger partial charge >= 0.3 is 0 Å². The number of hydrogen-bond donors (Lipinski definition) is 1. The predicted octanol–water partition coefficient (Wildman–Crippen LogP) is 3.37. The summed E-state index contributed by atoms with van der Waals surface area (Å²) in [5, 5.41) is 11.8. The molecule has 1 N–H and O–H groups in total. The summed E-state index contributed by atoms with van der Waals surface area (Å²) in [4.78, 5) is 12.4. The smallest absolute Gasteiger partial charge is 0.265 e. The Morgan fingerprint density at radius 3 is 2.64 bits per heavy atom. The summed E-state index contributed by atoms with van der Waals surface area (Å²) in [6.45, 7) is 3.90. The molecule has 0 heterocycles. The van der Waals surface area contributed by atoms with Gasteiger partial charge in [0.2, 0.25) is 0 Å². The first kappa shape index (κ1) is 18.1. The lowest BCUT2D eigenvalue weighted by atomic mass is 10.2. The van der Waals surface area contributed by atoms with Crippen LogP contribution in [0.4, 0.5) is 5.69 Å². The molecular formula is C19H20N2O4. The van der Waals surface area contributed by atoms with Crippen LogP contribution in [0, 0.1) is 11.3 Å². The standard InChI is InChI=1S/C19H20N2O4/c1-4-24-18-11-14(12-20)9-10-17(18)25-13(2)19(22)21-15-7-5-6-8-16(15)23-3/h5-11,13H,4H2,1-3H3,(H,21,22)/t13-/m1/s1. The van der Waals surface area contributed by atoms with Crippen LogP contribution in [0.15, 0.2) is 42.5 Å². The SMILES string of the molecule is CCOc1cc(C#N)ccc1O[C@H](C)C(=O)Nc1ccccc1OC. The number of hydrogen-bond acceptors (Lipinski definition) is 5.